The van der Waals surface area contributed by atoms with Crippen molar-refractivity contribution in [2.75, 3.05) is 32.1 Å². The molecule has 6 nitrogen and oxygen atoms in total. The van der Waals surface area contributed by atoms with Crippen LogP contribution in [-0.2, 0) is 16.6 Å². The molecule has 2 aliphatic carbocycles. The van der Waals surface area contributed by atoms with Gasteiger partial charge in [-0.2, -0.15) is 0 Å². The molecule has 7 heteroatoms. The Hall–Kier alpha value is -2.28. The number of fused-ring (bicyclic) bond motifs is 1. The number of ether oxygens (including phenoxy) is 2. The summed E-state index contributed by atoms with van der Waals surface area (Å²) in [6.07, 6.45) is 5.81. The highest BCUT2D eigenvalue weighted by Crippen LogP contribution is 2.52. The van der Waals surface area contributed by atoms with Crippen molar-refractivity contribution in [1.82, 2.24) is 10.2 Å². The molecule has 4 aliphatic rings. The lowest BCUT2D eigenvalue weighted by Gasteiger charge is -2.59. The second kappa shape index (κ2) is 8.74. The van der Waals surface area contributed by atoms with Gasteiger partial charge in [-0.15, -0.1) is 0 Å². The largest absolute Gasteiger partial charge is 0.497 e. The van der Waals surface area contributed by atoms with Crippen LogP contribution in [0.1, 0.15) is 36.8 Å². The number of carbonyl (C=O) groups excluding carboxylic acids is 1. The zero-order chi connectivity index (χ0) is 23.3. The molecule has 2 heterocycles. The molecule has 2 aromatic carbocycles. The standard InChI is InChI=1S/C27H32ClN3O3/c1-33-22-9-4-18-12-24-25-27(23(18)13-22,10-11-31(24)15-17-2-3-17)14-21(16-34-25)30-26(32)29-20-7-5-19(28)6-8-20/h4-9,13,17,21,24-25H,2-3,10-12,14-16H2,1H3,(H2,29,30,32)/t21?,24-,25?,27-/m0/s1. The first-order valence-electron chi connectivity index (χ1n) is 12.4. The number of anilines is 1. The number of methoxy groups -OCH3 is 1. The monoisotopic (exact) mass is 481 g/mol. The Labute approximate surface area is 205 Å². The fourth-order valence-corrected chi connectivity index (χ4v) is 6.56. The number of piperidine rings is 1. The van der Waals surface area contributed by atoms with E-state index in [1.54, 1.807) is 31.4 Å². The first-order valence-corrected chi connectivity index (χ1v) is 12.8. The maximum Gasteiger partial charge on any atom is 0.319 e. The van der Waals surface area contributed by atoms with Crippen molar-refractivity contribution in [3.8, 4) is 5.75 Å². The minimum atomic E-state index is -0.213. The van der Waals surface area contributed by atoms with Gasteiger partial charge in [-0.05, 0) is 92.1 Å². The minimum Gasteiger partial charge on any atom is -0.497 e. The average Bonchev–Trinajstić information content (AvgIpc) is 3.66. The van der Waals surface area contributed by atoms with Gasteiger partial charge in [-0.1, -0.05) is 17.7 Å². The lowest BCUT2D eigenvalue weighted by molar-refractivity contribution is -0.136. The van der Waals surface area contributed by atoms with E-state index in [1.165, 1.54) is 30.5 Å². The summed E-state index contributed by atoms with van der Waals surface area (Å²) in [5.41, 5.74) is 3.36. The van der Waals surface area contributed by atoms with Gasteiger partial charge in [0.25, 0.3) is 0 Å². The Bertz CT molecular complexity index is 1070. The van der Waals surface area contributed by atoms with Gasteiger partial charge in [0, 0.05) is 28.7 Å². The second-order valence-corrected chi connectivity index (χ2v) is 10.8. The van der Waals surface area contributed by atoms with Gasteiger partial charge < -0.3 is 20.1 Å². The molecule has 6 rings (SSSR count). The first-order chi connectivity index (χ1) is 16.5. The number of hydrogen-bond donors (Lipinski definition) is 2. The third-order valence-electron chi connectivity index (χ3n) is 8.21. The van der Waals surface area contributed by atoms with E-state index < -0.39 is 0 Å². The highest BCUT2D eigenvalue weighted by molar-refractivity contribution is 6.30. The van der Waals surface area contributed by atoms with Gasteiger partial charge in [0.2, 0.25) is 0 Å². The van der Waals surface area contributed by atoms with E-state index in [2.05, 4.69) is 33.7 Å². The summed E-state index contributed by atoms with van der Waals surface area (Å²) in [4.78, 5) is 15.5. The fraction of sp³-hybridized carbons (Fsp3) is 0.519. The molecule has 2 unspecified atom stereocenters. The van der Waals surface area contributed by atoms with Gasteiger partial charge in [0.15, 0.2) is 0 Å². The number of nitrogens with one attached hydrogen (secondary N) is 2. The summed E-state index contributed by atoms with van der Waals surface area (Å²) >= 11 is 5.96. The Kier molecular flexibility index (Phi) is 5.71. The zero-order valence-corrected chi connectivity index (χ0v) is 20.3. The van der Waals surface area contributed by atoms with Crippen molar-refractivity contribution in [2.24, 2.45) is 5.92 Å². The van der Waals surface area contributed by atoms with Gasteiger partial charge in [-0.3, -0.25) is 4.90 Å². The number of benzene rings is 2. The molecule has 3 fully saturated rings. The molecule has 0 radical (unpaired) electrons. The molecule has 4 atom stereocenters. The van der Waals surface area contributed by atoms with Crippen molar-refractivity contribution >= 4 is 23.3 Å². The molecular weight excluding hydrogens is 450 g/mol. The molecule has 0 spiro atoms. The third-order valence-corrected chi connectivity index (χ3v) is 8.46. The van der Waals surface area contributed by atoms with Crippen LogP contribution in [0.25, 0.3) is 0 Å². The topological polar surface area (TPSA) is 62.8 Å². The van der Waals surface area contributed by atoms with Crippen LogP contribution in [0, 0.1) is 5.92 Å². The van der Waals surface area contributed by atoms with Crippen LogP contribution in [-0.4, -0.2) is 55.9 Å². The zero-order valence-electron chi connectivity index (χ0n) is 19.6. The summed E-state index contributed by atoms with van der Waals surface area (Å²) in [6.45, 7) is 2.81. The maximum atomic E-state index is 12.8. The van der Waals surface area contributed by atoms with Crippen LogP contribution >= 0.6 is 11.6 Å². The molecule has 34 heavy (non-hydrogen) atoms. The van der Waals surface area contributed by atoms with Crippen molar-refractivity contribution < 1.29 is 14.3 Å². The van der Waals surface area contributed by atoms with Crippen LogP contribution in [0.4, 0.5) is 10.5 Å². The highest BCUT2D eigenvalue weighted by atomic mass is 35.5. The number of rotatable bonds is 5. The average molecular weight is 482 g/mol. The number of carbonyl (C=O) groups is 1. The highest BCUT2D eigenvalue weighted by Gasteiger charge is 2.57. The number of likely N-dealkylation sites (tertiary alicyclic amines) is 1. The van der Waals surface area contributed by atoms with Crippen LogP contribution < -0.4 is 15.4 Å². The van der Waals surface area contributed by atoms with Crippen molar-refractivity contribution in [3.63, 3.8) is 0 Å². The minimum absolute atomic E-state index is 0.0590. The molecular formula is C27H32ClN3O3. The lowest BCUT2D eigenvalue weighted by atomic mass is 9.58. The van der Waals surface area contributed by atoms with Gasteiger partial charge in [-0.25, -0.2) is 4.79 Å². The quantitative estimate of drug-likeness (QED) is 0.654. The molecule has 2 amide bonds. The summed E-state index contributed by atoms with van der Waals surface area (Å²) in [6, 6.07) is 13.8. The second-order valence-electron chi connectivity index (χ2n) is 10.4. The third kappa shape index (κ3) is 4.06. The number of nitrogens with zero attached hydrogens (tertiary/aromatic N) is 1. The van der Waals surface area contributed by atoms with Gasteiger partial charge in [0.05, 0.1) is 25.9 Å². The predicted molar refractivity (Wildman–Crippen MR) is 133 cm³/mol. The molecule has 2 bridgehead atoms. The van der Waals surface area contributed by atoms with E-state index >= 15 is 0 Å². The van der Waals surface area contributed by atoms with E-state index in [0.717, 1.165) is 43.2 Å². The number of halogens is 1. The van der Waals surface area contributed by atoms with Gasteiger partial charge in [0.1, 0.15) is 5.75 Å². The summed E-state index contributed by atoms with van der Waals surface area (Å²) in [7, 11) is 1.73. The van der Waals surface area contributed by atoms with E-state index in [4.69, 9.17) is 21.1 Å². The van der Waals surface area contributed by atoms with E-state index in [-0.39, 0.29) is 23.6 Å². The smallest absolute Gasteiger partial charge is 0.319 e. The SMILES string of the molecule is COc1ccc2c(c1)[C@@]13CCN(CC4CC4)[C@@H](C2)C1OCC(NC(=O)Nc1ccc(Cl)cc1)C3. The van der Waals surface area contributed by atoms with Crippen molar-refractivity contribution in [2.45, 2.75) is 55.7 Å². The summed E-state index contributed by atoms with van der Waals surface area (Å²) in [5, 5.41) is 6.74. The van der Waals surface area contributed by atoms with Crippen molar-refractivity contribution in [1.29, 1.82) is 0 Å². The molecule has 2 aliphatic heterocycles. The predicted octanol–water partition coefficient (Wildman–Crippen LogP) is 4.61. The summed E-state index contributed by atoms with van der Waals surface area (Å²) in [5.74, 6) is 1.75. The summed E-state index contributed by atoms with van der Waals surface area (Å²) < 4.78 is 12.2. The fourth-order valence-electron chi connectivity index (χ4n) is 6.44. The molecule has 1 saturated carbocycles. The van der Waals surface area contributed by atoms with Gasteiger partial charge >= 0.3 is 6.03 Å². The molecule has 0 aromatic heterocycles. The van der Waals surface area contributed by atoms with E-state index in [0.29, 0.717) is 17.7 Å². The molecule has 2 N–H and O–H groups in total. The molecule has 180 valence electrons. The first kappa shape index (κ1) is 22.2. The van der Waals surface area contributed by atoms with Crippen LogP contribution in [0.15, 0.2) is 42.5 Å². The Morgan fingerprint density at radius 2 is 2.06 bits per heavy atom. The lowest BCUT2D eigenvalue weighted by Crippen LogP contribution is -2.68. The van der Waals surface area contributed by atoms with E-state index in [1.807, 2.05) is 0 Å². The van der Waals surface area contributed by atoms with Crippen LogP contribution in [0.5, 0.6) is 5.75 Å². The molecule has 2 saturated heterocycles. The molecule has 2 aromatic rings. The van der Waals surface area contributed by atoms with E-state index in [9.17, 15) is 4.79 Å². The Morgan fingerprint density at radius 1 is 1.24 bits per heavy atom. The normalized spacial score (nSPS) is 30.1. The van der Waals surface area contributed by atoms with Crippen LogP contribution in [0.2, 0.25) is 5.02 Å². The number of hydrogen-bond acceptors (Lipinski definition) is 4. The number of urea groups is 1. The Morgan fingerprint density at radius 3 is 2.82 bits per heavy atom. The van der Waals surface area contributed by atoms with Crippen molar-refractivity contribution in [3.05, 3.63) is 58.6 Å². The van der Waals surface area contributed by atoms with Crippen LogP contribution in [0.3, 0.4) is 0 Å². The maximum absolute atomic E-state index is 12.8. The Balaban J connectivity index is 1.25. The number of amides is 2.